The highest BCUT2D eigenvalue weighted by atomic mass is 19.4. The van der Waals surface area contributed by atoms with Crippen molar-refractivity contribution in [2.45, 2.75) is 45.4 Å². The SMILES string of the molecule is CC(C)CCN1CC[C@@H]2[C@@H](CO[C@H]2CC(=O)NCC(F)(F)F)C1. The van der Waals surface area contributed by atoms with Crippen LogP contribution in [0.15, 0.2) is 0 Å². The summed E-state index contributed by atoms with van der Waals surface area (Å²) in [4.78, 5) is 14.1. The molecule has 1 amide bonds. The molecular weight excluding hydrogens is 309 g/mol. The fraction of sp³-hybridized carbons (Fsp3) is 0.938. The van der Waals surface area contributed by atoms with Crippen LogP contribution < -0.4 is 5.32 Å². The number of ether oxygens (including phenoxy) is 1. The van der Waals surface area contributed by atoms with Gasteiger partial charge in [-0.2, -0.15) is 13.2 Å². The van der Waals surface area contributed by atoms with Gasteiger partial charge in [-0.05, 0) is 37.8 Å². The molecule has 2 aliphatic heterocycles. The number of nitrogens with one attached hydrogen (secondary N) is 1. The molecule has 1 N–H and O–H groups in total. The van der Waals surface area contributed by atoms with E-state index in [0.29, 0.717) is 24.4 Å². The van der Waals surface area contributed by atoms with Crippen LogP contribution in [0.4, 0.5) is 13.2 Å². The van der Waals surface area contributed by atoms with Gasteiger partial charge in [0.2, 0.25) is 5.91 Å². The molecule has 0 unspecified atom stereocenters. The number of halogens is 3. The van der Waals surface area contributed by atoms with Gasteiger partial charge in [-0.1, -0.05) is 13.8 Å². The number of hydrogen-bond acceptors (Lipinski definition) is 3. The Morgan fingerprint density at radius 2 is 2.13 bits per heavy atom. The Labute approximate surface area is 135 Å². The standard InChI is InChI=1S/C16H27F3N2O2/c1-11(2)3-5-21-6-4-13-12(8-21)9-23-14(13)7-15(22)20-10-16(17,18)19/h11-14H,3-10H2,1-2H3,(H,20,22)/t12-,13-,14+/m1/s1. The maximum Gasteiger partial charge on any atom is 0.405 e. The van der Waals surface area contributed by atoms with Crippen LogP contribution >= 0.6 is 0 Å². The fourth-order valence-electron chi connectivity index (χ4n) is 3.47. The monoisotopic (exact) mass is 336 g/mol. The molecule has 134 valence electrons. The highest BCUT2D eigenvalue weighted by Gasteiger charge is 2.41. The molecule has 0 radical (unpaired) electrons. The number of nitrogens with zero attached hydrogens (tertiary/aromatic N) is 1. The van der Waals surface area contributed by atoms with E-state index in [4.69, 9.17) is 4.74 Å². The van der Waals surface area contributed by atoms with Crippen molar-refractivity contribution < 1.29 is 22.7 Å². The van der Waals surface area contributed by atoms with Gasteiger partial charge in [-0.15, -0.1) is 0 Å². The summed E-state index contributed by atoms with van der Waals surface area (Å²) in [6.45, 7) is 6.80. The van der Waals surface area contributed by atoms with Crippen molar-refractivity contribution >= 4 is 5.91 Å². The lowest BCUT2D eigenvalue weighted by molar-refractivity contribution is -0.140. The minimum Gasteiger partial charge on any atom is -0.377 e. The predicted molar refractivity (Wildman–Crippen MR) is 80.9 cm³/mol. The molecule has 3 atom stereocenters. The molecule has 0 aromatic heterocycles. The van der Waals surface area contributed by atoms with Crippen LogP contribution in [0.5, 0.6) is 0 Å². The van der Waals surface area contributed by atoms with Crippen LogP contribution in [-0.4, -0.2) is 55.9 Å². The number of rotatable bonds is 6. The van der Waals surface area contributed by atoms with E-state index in [9.17, 15) is 18.0 Å². The lowest BCUT2D eigenvalue weighted by Gasteiger charge is -2.35. The smallest absolute Gasteiger partial charge is 0.377 e. The molecule has 4 nitrogen and oxygen atoms in total. The van der Waals surface area contributed by atoms with E-state index in [-0.39, 0.29) is 12.5 Å². The Morgan fingerprint density at radius 1 is 1.39 bits per heavy atom. The maximum absolute atomic E-state index is 12.1. The van der Waals surface area contributed by atoms with Gasteiger partial charge in [0.25, 0.3) is 0 Å². The van der Waals surface area contributed by atoms with E-state index in [2.05, 4.69) is 18.7 Å². The summed E-state index contributed by atoms with van der Waals surface area (Å²) in [6, 6.07) is 0. The summed E-state index contributed by atoms with van der Waals surface area (Å²) < 4.78 is 42.1. The Kier molecular flexibility index (Phi) is 6.31. The van der Waals surface area contributed by atoms with Gasteiger partial charge in [0, 0.05) is 12.5 Å². The van der Waals surface area contributed by atoms with Crippen LogP contribution in [0.3, 0.4) is 0 Å². The zero-order chi connectivity index (χ0) is 17.0. The molecule has 0 saturated carbocycles. The molecule has 0 spiro atoms. The number of carbonyl (C=O) groups is 1. The lowest BCUT2D eigenvalue weighted by Crippen LogP contribution is -2.43. The predicted octanol–water partition coefficient (Wildman–Crippen LogP) is 2.44. The van der Waals surface area contributed by atoms with Crippen LogP contribution in [-0.2, 0) is 9.53 Å². The molecule has 0 bridgehead atoms. The van der Waals surface area contributed by atoms with Crippen molar-refractivity contribution in [2.75, 3.05) is 32.8 Å². The number of likely N-dealkylation sites (tertiary alicyclic amines) is 1. The highest BCUT2D eigenvalue weighted by molar-refractivity contribution is 5.76. The summed E-state index contributed by atoms with van der Waals surface area (Å²) in [6.07, 6.45) is -2.44. The second-order valence-electron chi connectivity index (χ2n) is 7.16. The molecule has 2 saturated heterocycles. The third-order valence-corrected chi connectivity index (χ3v) is 4.77. The number of amides is 1. The number of alkyl halides is 3. The first kappa shape index (κ1) is 18.5. The van der Waals surface area contributed by atoms with Gasteiger partial charge < -0.3 is 15.0 Å². The summed E-state index contributed by atoms with van der Waals surface area (Å²) in [5.74, 6) is 0.797. The Balaban J connectivity index is 1.75. The molecule has 2 rings (SSSR count). The lowest BCUT2D eigenvalue weighted by atomic mass is 9.83. The zero-order valence-corrected chi connectivity index (χ0v) is 13.9. The quantitative estimate of drug-likeness (QED) is 0.810. The van der Waals surface area contributed by atoms with E-state index in [0.717, 1.165) is 26.1 Å². The van der Waals surface area contributed by atoms with Crippen molar-refractivity contribution in [1.82, 2.24) is 10.2 Å². The first-order valence-corrected chi connectivity index (χ1v) is 8.42. The number of fused-ring (bicyclic) bond motifs is 1. The summed E-state index contributed by atoms with van der Waals surface area (Å²) in [7, 11) is 0. The minimum atomic E-state index is -4.36. The fourth-order valence-corrected chi connectivity index (χ4v) is 3.47. The summed E-state index contributed by atoms with van der Waals surface area (Å²) in [5, 5.41) is 1.93. The first-order chi connectivity index (χ1) is 10.7. The third-order valence-electron chi connectivity index (χ3n) is 4.77. The molecule has 0 aromatic carbocycles. The number of hydrogen-bond donors (Lipinski definition) is 1. The molecule has 7 heteroatoms. The third kappa shape index (κ3) is 5.95. The summed E-state index contributed by atoms with van der Waals surface area (Å²) >= 11 is 0. The van der Waals surface area contributed by atoms with Crippen molar-refractivity contribution in [3.63, 3.8) is 0 Å². The van der Waals surface area contributed by atoms with Gasteiger partial charge in [0.1, 0.15) is 6.54 Å². The van der Waals surface area contributed by atoms with E-state index < -0.39 is 18.6 Å². The van der Waals surface area contributed by atoms with Gasteiger partial charge in [0.05, 0.1) is 19.1 Å². The van der Waals surface area contributed by atoms with Crippen molar-refractivity contribution in [3.8, 4) is 0 Å². The average Bonchev–Trinajstić information content (AvgIpc) is 2.85. The van der Waals surface area contributed by atoms with Crippen molar-refractivity contribution in [2.24, 2.45) is 17.8 Å². The molecular formula is C16H27F3N2O2. The molecule has 0 aromatic rings. The number of carbonyl (C=O) groups excluding carboxylic acids is 1. The van der Waals surface area contributed by atoms with E-state index in [1.165, 1.54) is 6.42 Å². The Morgan fingerprint density at radius 3 is 2.78 bits per heavy atom. The van der Waals surface area contributed by atoms with Crippen LogP contribution in [0.1, 0.15) is 33.1 Å². The van der Waals surface area contributed by atoms with Gasteiger partial charge in [0.15, 0.2) is 0 Å². The van der Waals surface area contributed by atoms with Crippen molar-refractivity contribution in [1.29, 1.82) is 0 Å². The van der Waals surface area contributed by atoms with E-state index in [1.54, 1.807) is 0 Å². The topological polar surface area (TPSA) is 41.6 Å². The molecule has 23 heavy (non-hydrogen) atoms. The normalized spacial score (nSPS) is 28.9. The number of piperidine rings is 1. The average molecular weight is 336 g/mol. The Bertz CT molecular complexity index is 401. The second kappa shape index (κ2) is 7.83. The second-order valence-corrected chi connectivity index (χ2v) is 7.16. The molecule has 2 aliphatic rings. The molecule has 2 fully saturated rings. The van der Waals surface area contributed by atoms with Crippen LogP contribution in [0, 0.1) is 17.8 Å². The largest absolute Gasteiger partial charge is 0.405 e. The highest BCUT2D eigenvalue weighted by Crippen LogP contribution is 2.36. The zero-order valence-electron chi connectivity index (χ0n) is 13.9. The van der Waals surface area contributed by atoms with Gasteiger partial charge in [-0.25, -0.2) is 0 Å². The van der Waals surface area contributed by atoms with Gasteiger partial charge >= 0.3 is 6.18 Å². The molecule has 0 aliphatic carbocycles. The Hall–Kier alpha value is -0.820. The molecule has 2 heterocycles. The summed E-state index contributed by atoms with van der Waals surface area (Å²) in [5.41, 5.74) is 0. The van der Waals surface area contributed by atoms with Crippen molar-refractivity contribution in [3.05, 3.63) is 0 Å². The van der Waals surface area contributed by atoms with Crippen LogP contribution in [0.25, 0.3) is 0 Å². The van der Waals surface area contributed by atoms with E-state index in [1.807, 2.05) is 5.32 Å². The van der Waals surface area contributed by atoms with E-state index >= 15 is 0 Å². The first-order valence-electron chi connectivity index (χ1n) is 8.42. The maximum atomic E-state index is 12.1. The van der Waals surface area contributed by atoms with Gasteiger partial charge in [-0.3, -0.25) is 4.79 Å². The van der Waals surface area contributed by atoms with Crippen LogP contribution in [0.2, 0.25) is 0 Å². The minimum absolute atomic E-state index is 0.0310.